The second-order valence-corrected chi connectivity index (χ2v) is 39.2. The van der Waals surface area contributed by atoms with Crippen LogP contribution in [-0.4, -0.2) is 167 Å². The molecule has 119 heavy (non-hydrogen) atoms. The number of carbonyl (C=O) groups excluding carboxylic acids is 14. The lowest BCUT2D eigenvalue weighted by molar-refractivity contribution is -0.150. The Morgan fingerprint density at radius 2 is 0.370 bits per heavy atom. The first-order valence-corrected chi connectivity index (χ1v) is 43.9. The van der Waals surface area contributed by atoms with Crippen molar-refractivity contribution in [1.29, 1.82) is 0 Å². The summed E-state index contributed by atoms with van der Waals surface area (Å²) in [6.07, 6.45) is 1.08. The number of hydrogen-bond donors (Lipinski definition) is 13. The fourth-order valence-electron chi connectivity index (χ4n) is 13.7. The van der Waals surface area contributed by atoms with E-state index in [1.165, 1.54) is 0 Å². The Balaban J connectivity index is 3.66. The number of benzene rings is 1. The third kappa shape index (κ3) is 46.3. The number of esters is 1. The summed E-state index contributed by atoms with van der Waals surface area (Å²) in [5, 5.41) is 37.0. The van der Waals surface area contributed by atoms with Crippen LogP contribution >= 0.6 is 0 Å². The van der Waals surface area contributed by atoms with Gasteiger partial charge in [-0.25, -0.2) is 9.59 Å². The molecule has 29 heteroatoms. The Bertz CT molecular complexity index is 3340. The molecule has 1 aromatic carbocycles. The Labute approximate surface area is 713 Å². The van der Waals surface area contributed by atoms with Gasteiger partial charge in [-0.3, -0.25) is 57.5 Å². The van der Waals surface area contributed by atoms with Crippen molar-refractivity contribution in [2.45, 2.75) is 375 Å². The summed E-state index contributed by atoms with van der Waals surface area (Å²) in [5.74, 6) is -10.6. The zero-order valence-electron chi connectivity index (χ0n) is 77.8. The largest absolute Gasteiger partial charge is 0.459 e. The van der Waals surface area contributed by atoms with Gasteiger partial charge in [0.1, 0.15) is 90.8 Å². The molecule has 1 aromatic rings. The standard InChI is InChI=1S/C90H159N13O16/c1-49(2)35-63(91-77(105)64(36-50(3)4)93-79(107)66(38-52(7)8)95-81(109)68(40-54(11)12)97-83(111)70(42-56(15)16)99-85(113)72(44-58(19)20)101-87(115)74(46-60(23)24)103-89(117)119-90(27,28)29)76(104)92-65(37-51(5)6)78(106)94-67(39-53(9)10)80(108)96-69(41-55(13)14)82(110)98-71(43-57(17)18)84(112)100-73(45-59(21)22)86(114)102-75(47-61(25)26)88(116)118-48-62-33-31-30-32-34-62/h30-34,49-61,63-75H,35-48H2,1-29H3,(H,91,105)(H,92,104)(H,93,107)(H,94,106)(H,95,109)(H,96,108)(H,97,111)(H,98,110)(H,99,113)(H,100,112)(H,101,115)(H,102,114)(H,103,117)/t63-,64-,65-,66-,67-,68-,69-,70-,71-,72-,73-,74-,75-/m0/s1. The van der Waals surface area contributed by atoms with E-state index in [0.717, 1.165) is 5.56 Å². The van der Waals surface area contributed by atoms with Gasteiger partial charge in [0.2, 0.25) is 70.9 Å². The van der Waals surface area contributed by atoms with Crippen molar-refractivity contribution in [1.82, 2.24) is 69.1 Å². The van der Waals surface area contributed by atoms with Crippen LogP contribution in [-0.2, 0) is 78.4 Å². The van der Waals surface area contributed by atoms with E-state index in [2.05, 4.69) is 69.1 Å². The highest BCUT2D eigenvalue weighted by atomic mass is 16.6. The van der Waals surface area contributed by atoms with Gasteiger partial charge in [-0.05, 0) is 187 Å². The van der Waals surface area contributed by atoms with Crippen molar-refractivity contribution in [2.75, 3.05) is 0 Å². The van der Waals surface area contributed by atoms with Crippen LogP contribution in [0.25, 0.3) is 0 Å². The summed E-state index contributed by atoms with van der Waals surface area (Å²) >= 11 is 0. The maximum Gasteiger partial charge on any atom is 0.408 e. The Morgan fingerprint density at radius 3 is 0.521 bits per heavy atom. The van der Waals surface area contributed by atoms with Gasteiger partial charge in [0.25, 0.3) is 0 Å². The molecule has 0 aliphatic carbocycles. The normalized spacial score (nSPS) is 15.2. The minimum Gasteiger partial charge on any atom is -0.459 e. The lowest BCUT2D eigenvalue weighted by atomic mass is 9.97. The zero-order valence-corrected chi connectivity index (χ0v) is 77.8. The third-order valence-corrected chi connectivity index (χ3v) is 19.0. The molecule has 0 aliphatic heterocycles. The lowest BCUT2D eigenvalue weighted by Crippen LogP contribution is -2.61. The molecule has 0 unspecified atom stereocenters. The molecule has 0 saturated heterocycles. The molecule has 0 fully saturated rings. The number of nitrogens with one attached hydrogen (secondary N) is 13. The minimum atomic E-state index is -1.25. The highest BCUT2D eigenvalue weighted by molar-refractivity contribution is 6.00. The highest BCUT2D eigenvalue weighted by Gasteiger charge is 2.40. The van der Waals surface area contributed by atoms with E-state index in [1.54, 1.807) is 20.8 Å². The van der Waals surface area contributed by atoms with Crippen LogP contribution in [0.15, 0.2) is 30.3 Å². The summed E-state index contributed by atoms with van der Waals surface area (Å²) in [7, 11) is 0. The van der Waals surface area contributed by atoms with E-state index < -0.39 is 167 Å². The molecule has 0 spiro atoms. The van der Waals surface area contributed by atoms with Crippen LogP contribution in [0.1, 0.15) is 290 Å². The zero-order chi connectivity index (χ0) is 91.2. The van der Waals surface area contributed by atoms with E-state index in [9.17, 15) is 67.1 Å². The molecule has 0 aliphatic rings. The van der Waals surface area contributed by atoms with E-state index in [1.807, 2.05) is 210 Å². The van der Waals surface area contributed by atoms with E-state index in [-0.39, 0.29) is 167 Å². The van der Waals surface area contributed by atoms with Gasteiger partial charge >= 0.3 is 12.1 Å². The van der Waals surface area contributed by atoms with Crippen LogP contribution in [0.3, 0.4) is 0 Å². The summed E-state index contributed by atoms with van der Waals surface area (Å²) in [6, 6.07) is -6.20. The monoisotopic (exact) mass is 1680 g/mol. The molecule has 0 bridgehead atoms. The first-order chi connectivity index (χ1) is 55.1. The summed E-state index contributed by atoms with van der Waals surface area (Å²) in [4.78, 5) is 201. The molecule has 0 heterocycles. The Morgan fingerprint density at radius 1 is 0.227 bits per heavy atom. The second-order valence-electron chi connectivity index (χ2n) is 39.2. The summed E-state index contributed by atoms with van der Waals surface area (Å²) in [6.45, 7) is 53.7. The second kappa shape index (κ2) is 54.1. The number of amides is 13. The van der Waals surface area contributed by atoms with E-state index >= 15 is 0 Å². The lowest BCUT2D eigenvalue weighted by Gasteiger charge is -2.30. The van der Waals surface area contributed by atoms with Crippen LogP contribution in [0.5, 0.6) is 0 Å². The topological polar surface area (TPSA) is 414 Å². The number of alkyl carbamates (subject to hydrolysis) is 1. The number of carbonyl (C=O) groups is 14. The van der Waals surface area contributed by atoms with E-state index in [0.29, 0.717) is 0 Å². The van der Waals surface area contributed by atoms with Crippen LogP contribution < -0.4 is 69.1 Å². The number of hydrogen-bond acceptors (Lipinski definition) is 16. The van der Waals surface area contributed by atoms with Crippen LogP contribution in [0.4, 0.5) is 4.79 Å². The molecule has 0 saturated carbocycles. The van der Waals surface area contributed by atoms with Gasteiger partial charge < -0.3 is 78.6 Å². The van der Waals surface area contributed by atoms with Gasteiger partial charge in [0.15, 0.2) is 0 Å². The van der Waals surface area contributed by atoms with Crippen molar-refractivity contribution in [3.8, 4) is 0 Å². The van der Waals surface area contributed by atoms with Crippen molar-refractivity contribution >= 4 is 82.9 Å². The predicted octanol–water partition coefficient (Wildman–Crippen LogP) is 10.0. The molecule has 1 rings (SSSR count). The van der Waals surface area contributed by atoms with Gasteiger partial charge in [-0.2, -0.15) is 0 Å². The molecule has 13 N–H and O–H groups in total. The summed E-state index contributed by atoms with van der Waals surface area (Å²) < 4.78 is 11.1. The number of rotatable bonds is 54. The SMILES string of the molecule is CC(C)C[C@H](NC(=O)OC(C)(C)C)C(=O)N[C@@H](CC(C)C)C(=O)N[C@@H](CC(C)C)C(=O)N[C@@H](CC(C)C)C(=O)N[C@@H](CC(C)C)C(=O)N[C@@H](CC(C)C)C(=O)N[C@@H](CC(C)C)C(=O)N[C@@H](CC(C)C)C(=O)N[C@@H](CC(C)C)C(=O)N[C@@H](CC(C)C)C(=O)N[C@@H](CC(C)C)C(=O)N[C@@H](CC(C)C)C(=O)N[C@@H](CC(C)C)C(=O)OCc1ccccc1. The van der Waals surface area contributed by atoms with Crippen molar-refractivity contribution in [2.24, 2.45) is 76.9 Å². The third-order valence-electron chi connectivity index (χ3n) is 19.0. The minimum absolute atomic E-state index is 0.000777. The predicted molar refractivity (Wildman–Crippen MR) is 465 cm³/mol. The average Bonchev–Trinajstić information content (AvgIpc) is 0.771. The first kappa shape index (κ1) is 109. The summed E-state index contributed by atoms with van der Waals surface area (Å²) in [5.41, 5.74) is -0.0701. The molecule has 29 nitrogen and oxygen atoms in total. The fourth-order valence-corrected chi connectivity index (χ4v) is 13.7. The van der Waals surface area contributed by atoms with Gasteiger partial charge in [0.05, 0.1) is 0 Å². The maximum absolute atomic E-state index is 14.8. The smallest absolute Gasteiger partial charge is 0.408 e. The first-order valence-electron chi connectivity index (χ1n) is 43.9. The highest BCUT2D eigenvalue weighted by Crippen LogP contribution is 2.21. The van der Waals surface area contributed by atoms with Crippen LogP contribution in [0, 0.1) is 76.9 Å². The molecular weight excluding hydrogens is 1520 g/mol. The van der Waals surface area contributed by atoms with Gasteiger partial charge in [-0.15, -0.1) is 0 Å². The Kier molecular flexibility index (Phi) is 49.4. The molecular formula is C90H159N13O16. The maximum atomic E-state index is 14.8. The molecule has 680 valence electrons. The Hall–Kier alpha value is -8.40. The molecule has 0 radical (unpaired) electrons. The molecule has 13 atom stereocenters. The van der Waals surface area contributed by atoms with Crippen LogP contribution in [0.2, 0.25) is 0 Å². The fraction of sp³-hybridized carbons (Fsp3) is 0.778. The van der Waals surface area contributed by atoms with Gasteiger partial charge in [0, 0.05) is 0 Å². The quantitative estimate of drug-likeness (QED) is 0.0270. The molecule has 13 amide bonds. The van der Waals surface area contributed by atoms with Crippen molar-refractivity contribution in [3.63, 3.8) is 0 Å². The van der Waals surface area contributed by atoms with E-state index in [4.69, 9.17) is 9.47 Å². The molecule has 0 aromatic heterocycles. The van der Waals surface area contributed by atoms with Crippen molar-refractivity contribution in [3.05, 3.63) is 35.9 Å². The van der Waals surface area contributed by atoms with Crippen molar-refractivity contribution < 1.29 is 76.6 Å². The van der Waals surface area contributed by atoms with Gasteiger partial charge in [-0.1, -0.05) is 210 Å². The average molecular weight is 1680 g/mol. The number of ether oxygens (including phenoxy) is 2.